The molecule has 0 aliphatic carbocycles. The predicted octanol–water partition coefficient (Wildman–Crippen LogP) is 15.4. The van der Waals surface area contributed by atoms with Gasteiger partial charge in [-0.25, -0.2) is 9.36 Å². The first-order valence-corrected chi connectivity index (χ1v) is 41.8. The van der Waals surface area contributed by atoms with Crippen molar-refractivity contribution in [3.63, 3.8) is 0 Å². The summed E-state index contributed by atoms with van der Waals surface area (Å²) in [5.41, 5.74) is 0. The monoisotopic (exact) mass is 1490 g/mol. The molecule has 0 aromatic rings. The minimum atomic E-state index is -4.56. The van der Waals surface area contributed by atoms with Crippen molar-refractivity contribution < 1.29 is 80.8 Å². The van der Waals surface area contributed by atoms with Crippen LogP contribution in [0.2, 0.25) is 0 Å². The molecule has 0 bridgehead atoms. The summed E-state index contributed by atoms with van der Waals surface area (Å²) < 4.78 is 34.2. The van der Waals surface area contributed by atoms with Gasteiger partial charge in [-0.05, 0) is 19.3 Å². The van der Waals surface area contributed by atoms with Crippen molar-refractivity contribution in [2.75, 3.05) is 102 Å². The van der Waals surface area contributed by atoms with Gasteiger partial charge in [0.2, 0.25) is 23.6 Å². The van der Waals surface area contributed by atoms with E-state index in [4.69, 9.17) is 46.6 Å². The zero-order chi connectivity index (χ0) is 73.5. The summed E-state index contributed by atoms with van der Waals surface area (Å²) >= 11 is 12.6. The van der Waals surface area contributed by atoms with Crippen LogP contribution in [-0.2, 0) is 75.9 Å². The van der Waals surface area contributed by atoms with Gasteiger partial charge in [0.15, 0.2) is 6.10 Å². The summed E-state index contributed by atoms with van der Waals surface area (Å²) in [6.07, 6.45) is 32.9. The van der Waals surface area contributed by atoms with E-state index in [1.807, 2.05) is 6.92 Å². The molecule has 1 aliphatic heterocycles. The molecule has 22 nitrogen and oxygen atoms in total. The first-order chi connectivity index (χ1) is 47.1. The number of Topliss-reactive ketones (excluding diaryl/α,β-unsaturated/α-hetero) is 1. The normalized spacial score (nSPS) is 12.7. The highest BCUT2D eigenvalue weighted by Gasteiger charge is 2.33. The smallest absolute Gasteiger partial charge is 0.462 e. The maximum atomic E-state index is 12.8. The lowest BCUT2D eigenvalue weighted by Gasteiger charge is -2.25. The first kappa shape index (κ1) is 96.5. The van der Waals surface area contributed by atoms with Crippen molar-refractivity contribution in [3.05, 3.63) is 0 Å². The Bertz CT molecular complexity index is 2180. The van der Waals surface area contributed by atoms with Crippen molar-refractivity contribution in [2.45, 2.75) is 292 Å². The SMILES string of the molecule is CCC(=O)N(C)CCN(CCSCCC(=O)ON1C(=O)CCC1=O)C(=O)CC.CCCCCCCCCCCCCCCC(=O)OC[C@H](COP(=O)(O)OCCCC(=O)CCSCCN(CCN(C)C(=O)CC)C(=O)CC)OC(=O)CCCCCCCCCCCCCCC.ClCCl. The number of thioether (sulfide) groups is 2. The molecule has 1 fully saturated rings. The van der Waals surface area contributed by atoms with Gasteiger partial charge in [-0.2, -0.15) is 23.5 Å². The molecule has 1 N–H and O–H groups in total. The molecule has 0 aromatic carbocycles. The zero-order valence-corrected chi connectivity index (χ0v) is 65.6. The Balaban J connectivity index is 0. The first-order valence-electron chi connectivity index (χ1n) is 37.0. The van der Waals surface area contributed by atoms with Gasteiger partial charge in [-0.15, -0.1) is 28.3 Å². The Kier molecular flexibility index (Phi) is 65.7. The molecular formula is C71H130Cl2N5O17PS2. The average Bonchev–Trinajstić information content (AvgIpc) is 1.74. The molecule has 1 heterocycles. The van der Waals surface area contributed by atoms with E-state index in [0.717, 1.165) is 38.5 Å². The van der Waals surface area contributed by atoms with Crippen molar-refractivity contribution in [3.8, 4) is 0 Å². The number of amides is 6. The summed E-state index contributed by atoms with van der Waals surface area (Å²) in [6.45, 7) is 13.6. The van der Waals surface area contributed by atoms with Gasteiger partial charge in [0.1, 0.15) is 12.4 Å². The Labute approximate surface area is 608 Å². The third-order valence-electron chi connectivity index (χ3n) is 16.3. The molecule has 0 spiro atoms. The lowest BCUT2D eigenvalue weighted by molar-refractivity contribution is -0.197. The van der Waals surface area contributed by atoms with Crippen LogP contribution in [0.4, 0.5) is 0 Å². The molecule has 1 rings (SSSR count). The highest BCUT2D eigenvalue weighted by Crippen LogP contribution is 2.43. The van der Waals surface area contributed by atoms with Crippen LogP contribution in [0.3, 0.4) is 0 Å². The largest absolute Gasteiger partial charge is 0.472 e. The molecule has 572 valence electrons. The Hall–Kier alpha value is -3.51. The molecule has 0 saturated carbocycles. The standard InChI is InChI=1S/C52H99N2O11PS.C18H29N3O6S.CH2Cl2/c1-6-10-12-14-16-18-20-22-24-26-28-30-32-36-51(58)62-45-48(65-52(59)37-33-31-29-27-25-23-21-19-17-15-13-11-7-2)46-64-66(60,61)63-42-34-35-47(55)38-43-67-44-41-54(50(57)9-4)40-39-53(5)49(56)8-3;1-4-14(22)19(3)9-10-20(15(23)5-2)11-13-28-12-8-18(26)27-21-16(24)6-7-17(21)25;2-1-3/h48H,6-46H2,1-5H3,(H,60,61);4-13H2,1-3H3;1H2/t48-;;/m1../s1. The number of ketones is 1. The second-order valence-electron chi connectivity index (χ2n) is 24.7. The fourth-order valence-electron chi connectivity index (χ4n) is 10.2. The van der Waals surface area contributed by atoms with Crippen LogP contribution >= 0.6 is 54.5 Å². The van der Waals surface area contributed by atoms with Crippen molar-refractivity contribution >= 4 is 114 Å². The minimum Gasteiger partial charge on any atom is -0.462 e. The molecule has 0 radical (unpaired) electrons. The number of likely N-dealkylation sites (N-methyl/N-ethyl adjacent to an activating group) is 2. The number of phosphoric acid groups is 1. The van der Waals surface area contributed by atoms with Crippen molar-refractivity contribution in [1.82, 2.24) is 24.7 Å². The zero-order valence-electron chi connectivity index (χ0n) is 61.6. The van der Waals surface area contributed by atoms with Gasteiger partial charge < -0.3 is 38.8 Å². The summed E-state index contributed by atoms with van der Waals surface area (Å²) in [6, 6.07) is 0. The maximum absolute atomic E-state index is 12.8. The lowest BCUT2D eigenvalue weighted by Crippen LogP contribution is -2.40. The van der Waals surface area contributed by atoms with Crippen LogP contribution in [0.15, 0.2) is 0 Å². The quantitative estimate of drug-likeness (QED) is 0.0195. The van der Waals surface area contributed by atoms with Crippen LogP contribution < -0.4 is 0 Å². The van der Waals surface area contributed by atoms with Gasteiger partial charge >= 0.3 is 25.7 Å². The van der Waals surface area contributed by atoms with Gasteiger partial charge in [-0.3, -0.25) is 52.2 Å². The van der Waals surface area contributed by atoms with E-state index in [1.54, 1.807) is 66.2 Å². The molecule has 6 amide bonds. The van der Waals surface area contributed by atoms with E-state index in [1.165, 1.54) is 127 Å². The van der Waals surface area contributed by atoms with Crippen LogP contribution in [0.1, 0.15) is 286 Å². The lowest BCUT2D eigenvalue weighted by atomic mass is 10.0. The number of unbranched alkanes of at least 4 members (excludes halogenated alkanes) is 24. The number of rotatable bonds is 62. The van der Waals surface area contributed by atoms with Crippen LogP contribution in [-0.4, -0.2) is 196 Å². The van der Waals surface area contributed by atoms with E-state index in [-0.39, 0.29) is 92.9 Å². The van der Waals surface area contributed by atoms with Gasteiger partial charge in [-0.1, -0.05) is 196 Å². The number of ether oxygens (including phenoxy) is 2. The fraction of sp³-hybridized carbons (Fsp3) is 0.859. The second kappa shape index (κ2) is 66.7. The van der Waals surface area contributed by atoms with Crippen LogP contribution in [0.25, 0.3) is 0 Å². The molecule has 0 aromatic heterocycles. The third kappa shape index (κ3) is 57.1. The number of nitrogens with zero attached hydrogens (tertiary/aromatic N) is 5. The Morgan fingerprint density at radius 1 is 0.459 bits per heavy atom. The number of imide groups is 1. The van der Waals surface area contributed by atoms with Crippen LogP contribution in [0, 0.1) is 0 Å². The number of phosphoric ester groups is 1. The number of esters is 2. The number of hydroxylamine groups is 2. The number of halogens is 2. The van der Waals surface area contributed by atoms with Gasteiger partial charge in [0, 0.05) is 141 Å². The topological polar surface area (TPSA) is 270 Å². The van der Waals surface area contributed by atoms with Crippen molar-refractivity contribution in [1.29, 1.82) is 0 Å². The Morgan fingerprint density at radius 3 is 1.23 bits per heavy atom. The summed E-state index contributed by atoms with van der Waals surface area (Å²) in [4.78, 5) is 142. The number of carbonyl (C=O) groups excluding carboxylic acids is 10. The molecule has 1 unspecified atom stereocenters. The molecule has 2 atom stereocenters. The number of hydrogen-bond acceptors (Lipinski definition) is 18. The van der Waals surface area contributed by atoms with Gasteiger partial charge in [0.05, 0.1) is 25.0 Å². The molecule has 98 heavy (non-hydrogen) atoms. The number of hydrogen-bond donors (Lipinski definition) is 1. The molecule has 1 saturated heterocycles. The molecule has 27 heteroatoms. The van der Waals surface area contributed by atoms with Crippen LogP contribution in [0.5, 0.6) is 0 Å². The van der Waals surface area contributed by atoms with E-state index in [0.29, 0.717) is 112 Å². The summed E-state index contributed by atoms with van der Waals surface area (Å²) in [7, 11) is -1.11. The van der Waals surface area contributed by atoms with E-state index < -0.39 is 50.3 Å². The van der Waals surface area contributed by atoms with Crippen molar-refractivity contribution in [2.24, 2.45) is 0 Å². The second-order valence-corrected chi connectivity index (χ2v) is 29.4. The Morgan fingerprint density at radius 2 is 0.837 bits per heavy atom. The fourth-order valence-corrected chi connectivity index (χ4v) is 12.8. The van der Waals surface area contributed by atoms with E-state index >= 15 is 0 Å². The molecular weight excluding hydrogens is 1360 g/mol. The number of carbonyl (C=O) groups is 10. The minimum absolute atomic E-state index is 0.0120. The van der Waals surface area contributed by atoms with E-state index in [2.05, 4.69) is 13.8 Å². The van der Waals surface area contributed by atoms with Gasteiger partial charge in [0.25, 0.3) is 11.8 Å². The third-order valence-corrected chi connectivity index (χ3v) is 19.3. The predicted molar refractivity (Wildman–Crippen MR) is 395 cm³/mol. The molecule has 1 aliphatic rings. The maximum Gasteiger partial charge on any atom is 0.472 e. The van der Waals surface area contributed by atoms with E-state index in [9.17, 15) is 57.4 Å². The highest BCUT2D eigenvalue weighted by atomic mass is 35.5. The number of alkyl halides is 2. The average molecular weight is 1490 g/mol. The summed E-state index contributed by atoms with van der Waals surface area (Å²) in [5.74, 6) is -0.0897. The summed E-state index contributed by atoms with van der Waals surface area (Å²) in [5, 5.41) is 0.739. The highest BCUT2D eigenvalue weighted by molar-refractivity contribution is 7.99.